The molecule has 0 amide bonds. The van der Waals surface area contributed by atoms with Crippen LogP contribution in [-0.4, -0.2) is 32.1 Å². The Morgan fingerprint density at radius 2 is 1.61 bits per heavy atom. The zero-order valence-electron chi connectivity index (χ0n) is 15.5. The lowest BCUT2D eigenvalue weighted by Crippen LogP contribution is -2.32. The molecule has 0 N–H and O–H groups in total. The van der Waals surface area contributed by atoms with E-state index in [-0.39, 0.29) is 17.8 Å². The van der Waals surface area contributed by atoms with Crippen molar-refractivity contribution in [1.29, 1.82) is 0 Å². The van der Waals surface area contributed by atoms with Crippen LogP contribution in [0.5, 0.6) is 0 Å². The van der Waals surface area contributed by atoms with Crippen molar-refractivity contribution < 1.29 is 8.42 Å². The lowest BCUT2D eigenvalue weighted by Gasteiger charge is -2.40. The molecule has 1 saturated heterocycles. The number of hydrogen-bond donors (Lipinski definition) is 0. The molecule has 2 aliphatic rings. The van der Waals surface area contributed by atoms with Gasteiger partial charge < -0.3 is 0 Å². The first kappa shape index (κ1) is 20.5. The summed E-state index contributed by atoms with van der Waals surface area (Å²) < 4.78 is 26.0. The van der Waals surface area contributed by atoms with Gasteiger partial charge in [-0.1, -0.05) is 53.0 Å². The molecule has 4 atom stereocenters. The second kappa shape index (κ2) is 7.81. The van der Waals surface area contributed by atoms with E-state index in [0.717, 1.165) is 18.4 Å². The maximum Gasteiger partial charge on any atom is 0.211 e. The van der Waals surface area contributed by atoms with Crippen molar-refractivity contribution in [3.63, 3.8) is 0 Å². The van der Waals surface area contributed by atoms with Crippen LogP contribution < -0.4 is 0 Å². The summed E-state index contributed by atoms with van der Waals surface area (Å²) in [7, 11) is -3.20. The molecule has 1 saturated carbocycles. The van der Waals surface area contributed by atoms with Gasteiger partial charge >= 0.3 is 0 Å². The summed E-state index contributed by atoms with van der Waals surface area (Å²) in [6.07, 6.45) is 3.26. The Morgan fingerprint density at radius 3 is 2.25 bits per heavy atom. The molecule has 2 aromatic carbocycles. The molecule has 28 heavy (non-hydrogen) atoms. The monoisotopic (exact) mass is 457 g/mol. The number of hydrogen-bond acceptors (Lipinski definition) is 2. The number of fused-ring (bicyclic) bond motifs is 1. The highest BCUT2D eigenvalue weighted by Gasteiger charge is 2.47. The first-order valence-electron chi connectivity index (χ1n) is 9.39. The average Bonchev–Trinajstić information content (AvgIpc) is 3.07. The van der Waals surface area contributed by atoms with Gasteiger partial charge in [0.15, 0.2) is 0 Å². The molecule has 1 aliphatic heterocycles. The van der Waals surface area contributed by atoms with Gasteiger partial charge in [0, 0.05) is 28.2 Å². The Kier molecular flexibility index (Phi) is 5.71. The fraction of sp³-hybridized carbons (Fsp3) is 0.429. The van der Waals surface area contributed by atoms with Gasteiger partial charge in [0.25, 0.3) is 0 Å². The standard InChI is InChI=1S/C21H22Cl3NO2S/c1-28(26,27)25-11-14-4-8-18(17-9-7-16(23)10-20(17)24)21(19(14)12-25)13-2-5-15(22)6-3-13/h2-3,5-7,9-10,14,18-19,21H,4,8,11-12H2,1H3. The molecule has 2 aromatic rings. The molecular formula is C21H22Cl3NO2S. The molecule has 150 valence electrons. The number of nitrogens with zero attached hydrogens (tertiary/aromatic N) is 1. The van der Waals surface area contributed by atoms with Gasteiger partial charge in [-0.05, 0) is 71.9 Å². The molecule has 1 aliphatic carbocycles. The smallest absolute Gasteiger partial charge is 0.211 e. The summed E-state index contributed by atoms with van der Waals surface area (Å²) in [5.41, 5.74) is 2.27. The first-order valence-corrected chi connectivity index (χ1v) is 12.4. The van der Waals surface area contributed by atoms with E-state index >= 15 is 0 Å². The first-order chi connectivity index (χ1) is 13.2. The van der Waals surface area contributed by atoms with Crippen LogP contribution in [0, 0.1) is 11.8 Å². The van der Waals surface area contributed by atoms with Gasteiger partial charge in [-0.25, -0.2) is 12.7 Å². The number of benzene rings is 2. The van der Waals surface area contributed by atoms with Crippen LogP contribution in [0.3, 0.4) is 0 Å². The van der Waals surface area contributed by atoms with Gasteiger partial charge in [-0.15, -0.1) is 0 Å². The van der Waals surface area contributed by atoms with E-state index in [4.69, 9.17) is 34.8 Å². The van der Waals surface area contributed by atoms with Crippen LogP contribution in [0.4, 0.5) is 0 Å². The molecular weight excluding hydrogens is 437 g/mol. The topological polar surface area (TPSA) is 37.4 Å². The molecule has 0 bridgehead atoms. The fourth-order valence-corrected chi connectivity index (χ4v) is 6.61. The quantitative estimate of drug-likeness (QED) is 0.581. The van der Waals surface area contributed by atoms with Gasteiger partial charge in [-0.2, -0.15) is 0 Å². The van der Waals surface area contributed by atoms with Crippen molar-refractivity contribution >= 4 is 44.8 Å². The lowest BCUT2D eigenvalue weighted by molar-refractivity contribution is 0.228. The third-order valence-corrected chi connectivity index (χ3v) is 8.34. The summed E-state index contributed by atoms with van der Waals surface area (Å²) >= 11 is 18.8. The average molecular weight is 459 g/mol. The highest BCUT2D eigenvalue weighted by atomic mass is 35.5. The minimum atomic E-state index is -3.20. The third-order valence-electron chi connectivity index (χ3n) is 6.29. The van der Waals surface area contributed by atoms with Crippen LogP contribution in [-0.2, 0) is 10.0 Å². The van der Waals surface area contributed by atoms with Gasteiger partial charge in [0.05, 0.1) is 6.26 Å². The summed E-state index contributed by atoms with van der Waals surface area (Å²) in [5, 5.41) is 1.99. The van der Waals surface area contributed by atoms with Crippen molar-refractivity contribution in [2.24, 2.45) is 11.8 Å². The van der Waals surface area contributed by atoms with E-state index in [9.17, 15) is 8.42 Å². The van der Waals surface area contributed by atoms with Crippen LogP contribution in [0.25, 0.3) is 0 Å². The highest BCUT2D eigenvalue weighted by Crippen LogP contribution is 2.53. The second-order valence-electron chi connectivity index (χ2n) is 7.93. The number of halogens is 3. The van der Waals surface area contributed by atoms with E-state index in [1.54, 1.807) is 10.4 Å². The Balaban J connectivity index is 1.77. The van der Waals surface area contributed by atoms with E-state index in [2.05, 4.69) is 12.1 Å². The Labute approximate surface area is 181 Å². The number of rotatable bonds is 3. The van der Waals surface area contributed by atoms with E-state index in [0.29, 0.717) is 34.1 Å². The van der Waals surface area contributed by atoms with Gasteiger partial charge in [0.1, 0.15) is 0 Å². The molecule has 4 unspecified atom stereocenters. The van der Waals surface area contributed by atoms with Crippen molar-refractivity contribution in [2.75, 3.05) is 19.3 Å². The van der Waals surface area contributed by atoms with Crippen LogP contribution in [0.2, 0.25) is 15.1 Å². The Bertz CT molecular complexity index is 978. The van der Waals surface area contributed by atoms with Crippen molar-refractivity contribution in [1.82, 2.24) is 4.31 Å². The molecule has 4 rings (SSSR count). The molecule has 7 heteroatoms. The lowest BCUT2D eigenvalue weighted by atomic mass is 9.63. The van der Waals surface area contributed by atoms with E-state index in [1.165, 1.54) is 11.8 Å². The molecule has 1 heterocycles. The van der Waals surface area contributed by atoms with Crippen LogP contribution >= 0.6 is 34.8 Å². The largest absolute Gasteiger partial charge is 0.213 e. The van der Waals surface area contributed by atoms with E-state index in [1.807, 2.05) is 24.3 Å². The molecule has 0 aromatic heterocycles. The molecule has 3 nitrogen and oxygen atoms in total. The minimum absolute atomic E-state index is 0.182. The summed E-state index contributed by atoms with van der Waals surface area (Å²) in [5.74, 6) is 1.01. The molecule has 2 fully saturated rings. The summed E-state index contributed by atoms with van der Waals surface area (Å²) in [6.45, 7) is 1.16. The maximum absolute atomic E-state index is 12.2. The fourth-order valence-electron chi connectivity index (χ4n) is 5.03. The third kappa shape index (κ3) is 3.95. The predicted molar refractivity (Wildman–Crippen MR) is 116 cm³/mol. The van der Waals surface area contributed by atoms with Crippen molar-refractivity contribution in [3.05, 3.63) is 68.7 Å². The summed E-state index contributed by atoms with van der Waals surface area (Å²) in [4.78, 5) is 0. The predicted octanol–water partition coefficient (Wildman–Crippen LogP) is 5.82. The summed E-state index contributed by atoms with van der Waals surface area (Å²) in [6, 6.07) is 13.6. The van der Waals surface area contributed by atoms with Crippen molar-refractivity contribution in [2.45, 2.75) is 24.7 Å². The zero-order chi connectivity index (χ0) is 20.1. The van der Waals surface area contributed by atoms with Gasteiger partial charge in [-0.3, -0.25) is 0 Å². The normalized spacial score (nSPS) is 28.3. The number of sulfonamides is 1. The SMILES string of the molecule is CS(=O)(=O)N1CC2CCC(c3ccc(Cl)cc3Cl)C(c3ccc(Cl)cc3)C2C1. The zero-order valence-corrected chi connectivity index (χ0v) is 18.6. The molecule has 0 spiro atoms. The maximum atomic E-state index is 12.2. The van der Waals surface area contributed by atoms with Crippen molar-refractivity contribution in [3.8, 4) is 0 Å². The van der Waals surface area contributed by atoms with Gasteiger partial charge in [0.2, 0.25) is 10.0 Å². The van der Waals surface area contributed by atoms with E-state index < -0.39 is 10.0 Å². The molecule has 0 radical (unpaired) electrons. The Hall–Kier alpha value is -0.780. The van der Waals surface area contributed by atoms with Crippen LogP contribution in [0.15, 0.2) is 42.5 Å². The minimum Gasteiger partial charge on any atom is -0.213 e. The van der Waals surface area contributed by atoms with Crippen LogP contribution in [0.1, 0.15) is 35.8 Å². The second-order valence-corrected chi connectivity index (χ2v) is 11.2. The highest BCUT2D eigenvalue weighted by molar-refractivity contribution is 7.88. The Morgan fingerprint density at radius 1 is 0.929 bits per heavy atom.